The van der Waals surface area contributed by atoms with E-state index in [9.17, 15) is 4.79 Å². The Hall–Kier alpha value is -2.30. The van der Waals surface area contributed by atoms with Gasteiger partial charge in [0.05, 0.1) is 5.69 Å². The van der Waals surface area contributed by atoms with Crippen molar-refractivity contribution >= 4 is 11.6 Å². The van der Waals surface area contributed by atoms with Crippen LogP contribution in [-0.2, 0) is 6.54 Å². The van der Waals surface area contributed by atoms with Crippen molar-refractivity contribution in [3.8, 4) is 0 Å². The Morgan fingerprint density at radius 2 is 2.11 bits per heavy atom. The molecule has 5 nitrogen and oxygen atoms in total. The van der Waals surface area contributed by atoms with Gasteiger partial charge in [-0.2, -0.15) is 0 Å². The van der Waals surface area contributed by atoms with Gasteiger partial charge in [0.25, 0.3) is 5.91 Å². The van der Waals surface area contributed by atoms with Gasteiger partial charge < -0.3 is 15.6 Å². The summed E-state index contributed by atoms with van der Waals surface area (Å²) in [6.45, 7) is 5.95. The van der Waals surface area contributed by atoms with Gasteiger partial charge in [-0.1, -0.05) is 11.2 Å². The number of nitrogens with one attached hydrogen (secondary N) is 1. The molecule has 0 aliphatic rings. The van der Waals surface area contributed by atoms with Gasteiger partial charge in [0, 0.05) is 23.4 Å². The van der Waals surface area contributed by atoms with Crippen LogP contribution in [0.15, 0.2) is 22.7 Å². The van der Waals surface area contributed by atoms with Gasteiger partial charge in [-0.15, -0.1) is 0 Å². The second-order valence-electron chi connectivity index (χ2n) is 4.56. The minimum Gasteiger partial charge on any atom is -0.399 e. The Bertz CT molecular complexity index is 598. The number of rotatable bonds is 3. The lowest BCUT2D eigenvalue weighted by Crippen LogP contribution is -2.24. The van der Waals surface area contributed by atoms with E-state index in [2.05, 4.69) is 10.5 Å². The molecule has 2 rings (SSSR count). The van der Waals surface area contributed by atoms with Crippen molar-refractivity contribution in [2.75, 3.05) is 5.73 Å². The number of hydrogen-bond acceptors (Lipinski definition) is 4. The molecule has 0 saturated heterocycles. The lowest BCUT2D eigenvalue weighted by molar-refractivity contribution is 0.0950. The van der Waals surface area contributed by atoms with Gasteiger partial charge in [0.1, 0.15) is 5.76 Å². The maximum absolute atomic E-state index is 12.1. The van der Waals surface area contributed by atoms with Crippen LogP contribution in [0.2, 0.25) is 0 Å². The fraction of sp³-hybridized carbons (Fsp3) is 0.286. The van der Waals surface area contributed by atoms with Crippen molar-refractivity contribution in [3.63, 3.8) is 0 Å². The van der Waals surface area contributed by atoms with Crippen LogP contribution in [0.1, 0.15) is 32.9 Å². The monoisotopic (exact) mass is 259 g/mol. The van der Waals surface area contributed by atoms with Crippen molar-refractivity contribution in [2.24, 2.45) is 0 Å². The third-order valence-corrected chi connectivity index (χ3v) is 3.11. The van der Waals surface area contributed by atoms with E-state index in [4.69, 9.17) is 10.3 Å². The summed E-state index contributed by atoms with van der Waals surface area (Å²) in [5.74, 6) is 0.576. The average molecular weight is 259 g/mol. The first-order chi connectivity index (χ1) is 8.99. The molecule has 0 radical (unpaired) electrons. The number of carbonyl (C=O) groups is 1. The summed E-state index contributed by atoms with van der Waals surface area (Å²) in [7, 11) is 0. The predicted octanol–water partition coefficient (Wildman–Crippen LogP) is 2.11. The first-order valence-corrected chi connectivity index (χ1v) is 6.05. The standard InChI is InChI=1S/C14H17N3O2/c1-8-4-5-11(15)6-12(8)14(18)16-7-13-9(2)17-19-10(13)3/h4-6H,7,15H2,1-3H3,(H,16,18). The van der Waals surface area contributed by atoms with Crippen LogP contribution in [0.25, 0.3) is 0 Å². The number of anilines is 1. The molecule has 1 aromatic heterocycles. The Morgan fingerprint density at radius 1 is 1.37 bits per heavy atom. The van der Waals surface area contributed by atoms with Gasteiger partial charge in [-0.25, -0.2) is 0 Å². The van der Waals surface area contributed by atoms with Gasteiger partial charge in [0.15, 0.2) is 0 Å². The van der Waals surface area contributed by atoms with Crippen LogP contribution in [0.3, 0.4) is 0 Å². The summed E-state index contributed by atoms with van der Waals surface area (Å²) in [6, 6.07) is 5.29. The predicted molar refractivity (Wildman–Crippen MR) is 72.7 cm³/mol. The molecule has 0 spiro atoms. The third kappa shape index (κ3) is 2.76. The summed E-state index contributed by atoms with van der Waals surface area (Å²) in [6.07, 6.45) is 0. The molecule has 0 aliphatic carbocycles. The minimum absolute atomic E-state index is 0.148. The summed E-state index contributed by atoms with van der Waals surface area (Å²) in [5.41, 5.74) is 9.47. The molecule has 0 unspecified atom stereocenters. The molecular weight excluding hydrogens is 242 g/mol. The summed E-state index contributed by atoms with van der Waals surface area (Å²) < 4.78 is 5.05. The zero-order chi connectivity index (χ0) is 14.0. The van der Waals surface area contributed by atoms with E-state index in [1.54, 1.807) is 12.1 Å². The second kappa shape index (κ2) is 5.14. The molecule has 0 bridgehead atoms. The number of carbonyl (C=O) groups excluding carboxylic acids is 1. The molecule has 19 heavy (non-hydrogen) atoms. The van der Waals surface area contributed by atoms with Gasteiger partial charge in [-0.05, 0) is 38.5 Å². The van der Waals surface area contributed by atoms with Crippen molar-refractivity contribution in [3.05, 3.63) is 46.3 Å². The molecule has 0 saturated carbocycles. The molecule has 5 heteroatoms. The molecule has 3 N–H and O–H groups in total. The van der Waals surface area contributed by atoms with Crippen molar-refractivity contribution in [1.29, 1.82) is 0 Å². The number of nitrogen functional groups attached to an aromatic ring is 1. The van der Waals surface area contributed by atoms with Crippen LogP contribution in [-0.4, -0.2) is 11.1 Å². The van der Waals surface area contributed by atoms with E-state index in [1.807, 2.05) is 26.8 Å². The first-order valence-electron chi connectivity index (χ1n) is 6.05. The second-order valence-corrected chi connectivity index (χ2v) is 4.56. The Morgan fingerprint density at radius 3 is 2.74 bits per heavy atom. The highest BCUT2D eigenvalue weighted by molar-refractivity contribution is 5.96. The Labute approximate surface area is 111 Å². The molecular formula is C14H17N3O2. The number of amides is 1. The molecule has 0 aliphatic heterocycles. The van der Waals surface area contributed by atoms with Gasteiger partial charge in [-0.3, -0.25) is 4.79 Å². The maximum atomic E-state index is 12.1. The molecule has 0 atom stereocenters. The molecule has 1 heterocycles. The number of nitrogens with zero attached hydrogens (tertiary/aromatic N) is 1. The Kier molecular flexibility index (Phi) is 3.55. The Balaban J connectivity index is 2.12. The van der Waals surface area contributed by atoms with Crippen molar-refractivity contribution in [2.45, 2.75) is 27.3 Å². The van der Waals surface area contributed by atoms with Crippen LogP contribution >= 0.6 is 0 Å². The average Bonchev–Trinajstić information content (AvgIpc) is 2.69. The first kappa shape index (κ1) is 13.1. The van der Waals surface area contributed by atoms with Crippen LogP contribution < -0.4 is 11.1 Å². The van der Waals surface area contributed by atoms with E-state index in [1.165, 1.54) is 0 Å². The summed E-state index contributed by atoms with van der Waals surface area (Å²) in [5, 5.41) is 6.71. The molecule has 0 fully saturated rings. The zero-order valence-electron chi connectivity index (χ0n) is 11.3. The minimum atomic E-state index is -0.148. The largest absolute Gasteiger partial charge is 0.399 e. The van der Waals surface area contributed by atoms with Crippen LogP contribution in [0.5, 0.6) is 0 Å². The lowest BCUT2D eigenvalue weighted by atomic mass is 10.1. The number of nitrogens with two attached hydrogens (primary N) is 1. The van der Waals surface area contributed by atoms with Crippen LogP contribution in [0.4, 0.5) is 5.69 Å². The smallest absolute Gasteiger partial charge is 0.251 e. The van der Waals surface area contributed by atoms with Gasteiger partial charge in [0.2, 0.25) is 0 Å². The topological polar surface area (TPSA) is 81.2 Å². The summed E-state index contributed by atoms with van der Waals surface area (Å²) >= 11 is 0. The highest BCUT2D eigenvalue weighted by Crippen LogP contribution is 2.14. The fourth-order valence-corrected chi connectivity index (χ4v) is 1.90. The van der Waals surface area contributed by atoms with Crippen molar-refractivity contribution < 1.29 is 9.32 Å². The molecule has 2 aromatic rings. The van der Waals surface area contributed by atoms with Gasteiger partial charge >= 0.3 is 0 Å². The van der Waals surface area contributed by atoms with E-state index < -0.39 is 0 Å². The van der Waals surface area contributed by atoms with Crippen LogP contribution in [0, 0.1) is 20.8 Å². The number of benzene rings is 1. The maximum Gasteiger partial charge on any atom is 0.251 e. The number of aryl methyl sites for hydroxylation is 3. The highest BCUT2D eigenvalue weighted by atomic mass is 16.5. The van der Waals surface area contributed by atoms with E-state index in [0.29, 0.717) is 17.8 Å². The SMILES string of the molecule is Cc1ccc(N)cc1C(=O)NCc1c(C)noc1C. The third-order valence-electron chi connectivity index (χ3n) is 3.11. The molecule has 1 amide bonds. The highest BCUT2D eigenvalue weighted by Gasteiger charge is 2.13. The summed E-state index contributed by atoms with van der Waals surface area (Å²) in [4.78, 5) is 12.1. The molecule has 1 aromatic carbocycles. The van der Waals surface area contributed by atoms with E-state index >= 15 is 0 Å². The quantitative estimate of drug-likeness (QED) is 0.827. The van der Waals surface area contributed by atoms with Crippen molar-refractivity contribution in [1.82, 2.24) is 10.5 Å². The number of aromatic nitrogens is 1. The number of hydrogen-bond donors (Lipinski definition) is 2. The lowest BCUT2D eigenvalue weighted by Gasteiger charge is -2.08. The van der Waals surface area contributed by atoms with E-state index in [0.717, 1.165) is 22.6 Å². The molecule has 100 valence electrons. The zero-order valence-corrected chi connectivity index (χ0v) is 11.3. The fourth-order valence-electron chi connectivity index (χ4n) is 1.90. The van der Waals surface area contributed by atoms with E-state index in [-0.39, 0.29) is 5.91 Å². The normalized spacial score (nSPS) is 10.5.